The molecule has 1 rings (SSSR count). The summed E-state index contributed by atoms with van der Waals surface area (Å²) < 4.78 is 4.88. The van der Waals surface area contributed by atoms with Gasteiger partial charge in [0.1, 0.15) is 5.54 Å². The van der Waals surface area contributed by atoms with Crippen LogP contribution in [0.15, 0.2) is 0 Å². The minimum atomic E-state index is -0.611. The average molecular weight is 242 g/mol. The maximum atomic E-state index is 11.8. The zero-order chi connectivity index (χ0) is 13.1. The summed E-state index contributed by atoms with van der Waals surface area (Å²) in [6.07, 6.45) is 2.50. The fraction of sp³-hybridized carbons (Fsp3) is 0.923. The monoisotopic (exact) mass is 242 g/mol. The van der Waals surface area contributed by atoms with Gasteiger partial charge in [-0.3, -0.25) is 9.69 Å². The van der Waals surface area contributed by atoms with Crippen LogP contribution in [0.5, 0.6) is 0 Å². The molecule has 0 aromatic carbocycles. The van der Waals surface area contributed by atoms with Gasteiger partial charge < -0.3 is 10.1 Å². The number of hydrogen-bond donors (Lipinski definition) is 1. The Labute approximate surface area is 105 Å². The predicted molar refractivity (Wildman–Crippen MR) is 68.9 cm³/mol. The molecule has 17 heavy (non-hydrogen) atoms. The van der Waals surface area contributed by atoms with Crippen LogP contribution < -0.4 is 5.32 Å². The molecule has 100 valence electrons. The lowest BCUT2D eigenvalue weighted by Gasteiger charge is -2.42. The molecule has 0 bridgehead atoms. The number of nitrogens with zero attached hydrogens (tertiary/aromatic N) is 1. The smallest absolute Gasteiger partial charge is 0.327 e. The van der Waals surface area contributed by atoms with Gasteiger partial charge in [-0.25, -0.2) is 0 Å². The van der Waals surface area contributed by atoms with E-state index in [0.29, 0.717) is 18.5 Å². The number of nitrogens with one attached hydrogen (secondary N) is 1. The van der Waals surface area contributed by atoms with Crippen molar-refractivity contribution in [3.8, 4) is 0 Å². The lowest BCUT2D eigenvalue weighted by atomic mass is 9.90. The summed E-state index contributed by atoms with van der Waals surface area (Å²) in [5.74, 6) is 0.507. The van der Waals surface area contributed by atoms with E-state index in [4.69, 9.17) is 4.74 Å². The molecule has 1 fully saturated rings. The second kappa shape index (κ2) is 5.83. The normalized spacial score (nSPS) is 29.7. The van der Waals surface area contributed by atoms with Crippen molar-refractivity contribution in [3.63, 3.8) is 0 Å². The molecule has 4 nitrogen and oxygen atoms in total. The Kier molecular flexibility index (Phi) is 4.95. The number of esters is 1. The molecule has 0 saturated carbocycles. The minimum Gasteiger partial charge on any atom is -0.468 e. The molecule has 3 unspecified atom stereocenters. The van der Waals surface area contributed by atoms with Crippen molar-refractivity contribution in [2.24, 2.45) is 5.92 Å². The first-order valence-electron chi connectivity index (χ1n) is 6.46. The molecule has 1 heterocycles. The van der Waals surface area contributed by atoms with Crippen molar-refractivity contribution >= 4 is 5.97 Å². The number of piperidine rings is 1. The van der Waals surface area contributed by atoms with Crippen LogP contribution in [0.25, 0.3) is 0 Å². The Morgan fingerprint density at radius 3 is 2.71 bits per heavy atom. The van der Waals surface area contributed by atoms with Gasteiger partial charge in [0.05, 0.1) is 7.11 Å². The van der Waals surface area contributed by atoms with E-state index >= 15 is 0 Å². The Hall–Kier alpha value is -0.610. The zero-order valence-corrected chi connectivity index (χ0v) is 11.7. The summed E-state index contributed by atoms with van der Waals surface area (Å²) >= 11 is 0. The van der Waals surface area contributed by atoms with E-state index in [1.165, 1.54) is 20.0 Å². The predicted octanol–water partition coefficient (Wildman–Crippen LogP) is 1.26. The second-order valence-corrected chi connectivity index (χ2v) is 5.40. The third kappa shape index (κ3) is 3.19. The van der Waals surface area contributed by atoms with Crippen LogP contribution in [-0.2, 0) is 9.53 Å². The molecular weight excluding hydrogens is 216 g/mol. The lowest BCUT2D eigenvalue weighted by molar-refractivity contribution is -0.149. The Balaban J connectivity index is 2.70. The quantitative estimate of drug-likeness (QED) is 0.754. The van der Waals surface area contributed by atoms with Crippen molar-refractivity contribution in [1.82, 2.24) is 10.2 Å². The van der Waals surface area contributed by atoms with E-state index < -0.39 is 5.54 Å². The maximum absolute atomic E-state index is 11.8. The zero-order valence-electron chi connectivity index (χ0n) is 11.7. The average Bonchev–Trinajstić information content (AvgIpc) is 2.33. The molecule has 3 atom stereocenters. The van der Waals surface area contributed by atoms with Crippen LogP contribution in [0.4, 0.5) is 0 Å². The van der Waals surface area contributed by atoms with Crippen LogP contribution in [0.3, 0.4) is 0 Å². The number of methoxy groups -OCH3 is 1. The number of rotatable bonds is 4. The SMILES string of the molecule is CNC(C)(CN1CCCC(C)C1C)C(=O)OC. The molecule has 1 N–H and O–H groups in total. The van der Waals surface area contributed by atoms with Gasteiger partial charge in [0.15, 0.2) is 0 Å². The molecule has 0 aliphatic carbocycles. The standard InChI is InChI=1S/C13H26N2O2/c1-10-7-6-8-15(11(10)2)9-13(3,14-4)12(16)17-5/h10-11,14H,6-9H2,1-5H3. The largest absolute Gasteiger partial charge is 0.468 e. The maximum Gasteiger partial charge on any atom is 0.327 e. The van der Waals surface area contributed by atoms with Crippen molar-refractivity contribution < 1.29 is 9.53 Å². The molecule has 0 amide bonds. The van der Waals surface area contributed by atoms with Crippen molar-refractivity contribution in [2.45, 2.75) is 45.2 Å². The molecule has 1 aliphatic heterocycles. The third-order valence-corrected chi connectivity index (χ3v) is 4.21. The Morgan fingerprint density at radius 1 is 1.53 bits per heavy atom. The van der Waals surface area contributed by atoms with E-state index in [-0.39, 0.29) is 5.97 Å². The van der Waals surface area contributed by atoms with Crippen molar-refractivity contribution in [2.75, 3.05) is 27.2 Å². The van der Waals surface area contributed by atoms with Gasteiger partial charge in [0.2, 0.25) is 0 Å². The molecule has 0 aromatic rings. The highest BCUT2D eigenvalue weighted by Gasteiger charge is 2.37. The number of ether oxygens (including phenoxy) is 1. The highest BCUT2D eigenvalue weighted by Crippen LogP contribution is 2.24. The van der Waals surface area contributed by atoms with Gasteiger partial charge in [0, 0.05) is 12.6 Å². The molecule has 0 aromatic heterocycles. The summed E-state index contributed by atoms with van der Waals surface area (Å²) in [4.78, 5) is 14.2. The summed E-state index contributed by atoms with van der Waals surface area (Å²) in [5, 5.41) is 3.10. The Morgan fingerprint density at radius 2 is 2.18 bits per heavy atom. The summed E-state index contributed by atoms with van der Waals surface area (Å²) in [6, 6.07) is 0.529. The minimum absolute atomic E-state index is 0.189. The van der Waals surface area contributed by atoms with E-state index in [1.807, 2.05) is 14.0 Å². The summed E-state index contributed by atoms with van der Waals surface area (Å²) in [7, 11) is 3.26. The number of carbonyl (C=O) groups is 1. The molecule has 0 radical (unpaired) electrons. The van der Waals surface area contributed by atoms with Gasteiger partial charge in [-0.1, -0.05) is 6.92 Å². The van der Waals surface area contributed by atoms with Gasteiger partial charge in [-0.05, 0) is 46.2 Å². The van der Waals surface area contributed by atoms with E-state index in [9.17, 15) is 4.79 Å². The number of carbonyl (C=O) groups excluding carboxylic acids is 1. The highest BCUT2D eigenvalue weighted by molar-refractivity contribution is 5.80. The molecule has 1 saturated heterocycles. The third-order valence-electron chi connectivity index (χ3n) is 4.21. The van der Waals surface area contributed by atoms with Gasteiger partial charge in [0.25, 0.3) is 0 Å². The van der Waals surface area contributed by atoms with E-state index in [2.05, 4.69) is 24.1 Å². The van der Waals surface area contributed by atoms with Crippen LogP contribution in [0, 0.1) is 5.92 Å². The van der Waals surface area contributed by atoms with Gasteiger partial charge in [-0.2, -0.15) is 0 Å². The first-order valence-corrected chi connectivity index (χ1v) is 6.46. The van der Waals surface area contributed by atoms with Crippen LogP contribution in [-0.4, -0.2) is 49.7 Å². The summed E-state index contributed by atoms with van der Waals surface area (Å²) in [6.45, 7) is 8.22. The second-order valence-electron chi connectivity index (χ2n) is 5.40. The first kappa shape index (κ1) is 14.5. The van der Waals surface area contributed by atoms with E-state index in [0.717, 1.165) is 6.54 Å². The first-order chi connectivity index (χ1) is 7.94. The number of likely N-dealkylation sites (N-methyl/N-ethyl adjacent to an activating group) is 1. The fourth-order valence-electron chi connectivity index (χ4n) is 2.52. The van der Waals surface area contributed by atoms with Crippen molar-refractivity contribution in [3.05, 3.63) is 0 Å². The van der Waals surface area contributed by atoms with Gasteiger partial charge >= 0.3 is 5.97 Å². The van der Waals surface area contributed by atoms with Gasteiger partial charge in [-0.15, -0.1) is 0 Å². The Bertz CT molecular complexity index is 270. The molecule has 0 spiro atoms. The summed E-state index contributed by atoms with van der Waals surface area (Å²) in [5.41, 5.74) is -0.611. The lowest BCUT2D eigenvalue weighted by Crippen LogP contribution is -2.59. The number of likely N-dealkylation sites (tertiary alicyclic amines) is 1. The topological polar surface area (TPSA) is 41.6 Å². The van der Waals surface area contributed by atoms with Crippen LogP contribution in [0.2, 0.25) is 0 Å². The molecule has 4 heteroatoms. The fourth-order valence-corrected chi connectivity index (χ4v) is 2.52. The molecular formula is C13H26N2O2. The van der Waals surface area contributed by atoms with Crippen LogP contribution >= 0.6 is 0 Å². The highest BCUT2D eigenvalue weighted by atomic mass is 16.5. The number of hydrogen-bond acceptors (Lipinski definition) is 4. The van der Waals surface area contributed by atoms with Crippen molar-refractivity contribution in [1.29, 1.82) is 0 Å². The molecule has 1 aliphatic rings. The van der Waals surface area contributed by atoms with E-state index in [1.54, 1.807) is 0 Å². The van der Waals surface area contributed by atoms with Crippen LogP contribution in [0.1, 0.15) is 33.6 Å².